The monoisotopic (exact) mass is 1230 g/mol. The normalized spacial score (nSPS) is 16.9. The molecule has 0 spiro atoms. The number of nitrogens with zero attached hydrogens (tertiary/aromatic N) is 2. The maximum atomic E-state index is 15.2. The summed E-state index contributed by atoms with van der Waals surface area (Å²) in [6, 6.07) is 30.3. The molecule has 2 saturated heterocycles. The van der Waals surface area contributed by atoms with Crippen LogP contribution in [0.3, 0.4) is 0 Å². The number of carbonyl (C=O) groups is 2. The number of rotatable bonds is 19. The maximum absolute atomic E-state index is 15.2. The Morgan fingerprint density at radius 3 is 1.32 bits per heavy atom. The number of nitrogens with one attached hydrogen (secondary N) is 1. The third-order valence-corrected chi connectivity index (χ3v) is 14.1. The molecule has 6 N–H and O–H groups in total. The van der Waals surface area contributed by atoms with Crippen LogP contribution in [-0.4, -0.2) is 101 Å². The second-order valence-corrected chi connectivity index (χ2v) is 20.4. The molecule has 11 nitrogen and oxygen atoms in total. The highest BCUT2D eigenvalue weighted by Crippen LogP contribution is 2.37. The minimum Gasteiger partial charge on any atom is -0.489 e. The van der Waals surface area contributed by atoms with Gasteiger partial charge in [-0.25, -0.2) is 13.6 Å². The topological polar surface area (TPSA) is 158 Å². The highest BCUT2D eigenvalue weighted by atomic mass is 127. The van der Waals surface area contributed by atoms with E-state index in [2.05, 4.69) is 10.2 Å². The summed E-state index contributed by atoms with van der Waals surface area (Å²) in [6.07, 6.45) is 4.83. The minimum absolute atomic E-state index is 0. The molecule has 0 unspecified atom stereocenters. The number of alkyl halides is 4. The SMILES string of the molecule is I.N[C@H](CN1CCC1)[C@H](O)c1ccc(OC2CC2)c(Cl)c1.O=C(N[C@H](CN1CCC1)[C@H](O)c1ccc(OC2CC2)c(Cl)c1)C(F)(F)c1ccc(-c2ccc(F)cc2)cc1.O=C(O)C(F)(F)c1ccc(-c2ccc(F)cc2)cc1. The summed E-state index contributed by atoms with van der Waals surface area (Å²) in [4.78, 5) is 27.5. The lowest BCUT2D eigenvalue weighted by atomic mass is 9.98. The Balaban J connectivity index is 0.000000186. The zero-order chi connectivity index (χ0) is 55.0. The average molecular weight is 1240 g/mol. The molecule has 78 heavy (non-hydrogen) atoms. The van der Waals surface area contributed by atoms with Gasteiger partial charge in [-0.3, -0.25) is 4.79 Å². The van der Waals surface area contributed by atoms with Crippen LogP contribution in [-0.2, 0) is 21.4 Å². The molecule has 2 heterocycles. The number of aliphatic carboxylic acids is 1. The van der Waals surface area contributed by atoms with E-state index in [0.29, 0.717) is 55.5 Å². The van der Waals surface area contributed by atoms with Crippen molar-refractivity contribution in [3.8, 4) is 33.8 Å². The number of hydrogen-bond acceptors (Lipinski definition) is 9. The summed E-state index contributed by atoms with van der Waals surface area (Å²) < 4.78 is 94.3. The third-order valence-electron chi connectivity index (χ3n) is 13.6. The first-order valence-corrected chi connectivity index (χ1v) is 26.0. The number of aliphatic hydroxyl groups excluding tert-OH is 2. The fraction of sp³-hybridized carbons (Fsp3) is 0.345. The number of ether oxygens (including phenoxy) is 2. The van der Waals surface area contributed by atoms with Gasteiger partial charge in [-0.1, -0.05) is 108 Å². The van der Waals surface area contributed by atoms with Gasteiger partial charge in [-0.15, -0.1) is 24.0 Å². The van der Waals surface area contributed by atoms with Crippen LogP contribution in [0.1, 0.15) is 73.0 Å². The standard InChI is InChI=1S/C29H28ClF3N2O3.C15H21ClN2O2.C14H9F3O2.HI/c30-24-16-20(6-13-26(24)38-23-11-12-23)27(36)25(17-35-14-1-15-35)34-28(37)29(32,33)21-7-2-18(3-8-21)19-4-9-22(31)10-5-19;16-12-8-10(2-5-14(12)20-11-3-4-11)15(19)13(17)9-18-6-1-7-18;15-12-7-3-10(4-8-12)9-1-5-11(6-2-9)14(16,17)13(18)19;/h2-10,13,16,23,25,27,36H,1,11-12,14-15,17H2,(H,34,37);2,5,8,11,13,15,19H,1,3-4,6-7,9,17H2;1-8H,(H,18,19);1H/t25-,27-;13-,15-;;/m11../s1. The van der Waals surface area contributed by atoms with E-state index in [4.69, 9.17) is 43.5 Å². The Labute approximate surface area is 475 Å². The Hall–Kier alpha value is -5.45. The minimum atomic E-state index is -3.92. The van der Waals surface area contributed by atoms with E-state index in [0.717, 1.165) is 82.5 Å². The van der Waals surface area contributed by atoms with Crippen molar-refractivity contribution < 1.29 is 60.7 Å². The molecule has 4 atom stereocenters. The average Bonchev–Trinajstić information content (AvgIpc) is 4.36. The van der Waals surface area contributed by atoms with Crippen molar-refractivity contribution in [1.82, 2.24) is 15.1 Å². The van der Waals surface area contributed by atoms with Crippen LogP contribution in [0.2, 0.25) is 10.0 Å². The molecule has 2 aliphatic heterocycles. The van der Waals surface area contributed by atoms with Gasteiger partial charge in [0.05, 0.1) is 34.4 Å². The van der Waals surface area contributed by atoms with E-state index in [-0.39, 0.29) is 42.7 Å². The van der Waals surface area contributed by atoms with E-state index in [1.165, 1.54) is 79.2 Å². The summed E-state index contributed by atoms with van der Waals surface area (Å²) in [5, 5.41) is 33.1. The molecule has 6 aromatic carbocycles. The number of nitrogens with two attached hydrogens (primary N) is 1. The molecule has 416 valence electrons. The lowest BCUT2D eigenvalue weighted by Crippen LogP contribution is -2.53. The van der Waals surface area contributed by atoms with E-state index < -0.39 is 64.7 Å². The number of carboxylic acids is 1. The number of amides is 1. The lowest BCUT2D eigenvalue weighted by molar-refractivity contribution is -0.166. The molecule has 4 aliphatic rings. The molecule has 20 heteroatoms. The quantitative estimate of drug-likeness (QED) is 0.0391. The second kappa shape index (κ2) is 26.7. The zero-order valence-corrected chi connectivity index (χ0v) is 45.9. The molecular formula is C58H59Cl2F6IN4O7. The first-order chi connectivity index (χ1) is 36.7. The summed E-state index contributed by atoms with van der Waals surface area (Å²) in [5.41, 5.74) is 8.69. The number of benzene rings is 6. The third kappa shape index (κ3) is 15.9. The van der Waals surface area contributed by atoms with Crippen LogP contribution in [0.5, 0.6) is 11.5 Å². The van der Waals surface area contributed by atoms with Crippen molar-refractivity contribution >= 4 is 59.1 Å². The Morgan fingerprint density at radius 2 is 0.962 bits per heavy atom. The smallest absolute Gasteiger partial charge is 0.379 e. The first-order valence-electron chi connectivity index (χ1n) is 25.3. The molecule has 2 aliphatic carbocycles. The molecule has 0 aromatic heterocycles. The Morgan fingerprint density at radius 1 is 0.590 bits per heavy atom. The van der Waals surface area contributed by atoms with Gasteiger partial charge in [0.1, 0.15) is 29.2 Å². The number of halogens is 9. The van der Waals surface area contributed by atoms with Gasteiger partial charge in [-0.05, 0) is 147 Å². The number of carbonyl (C=O) groups excluding carboxylic acids is 1. The van der Waals surface area contributed by atoms with E-state index in [1.54, 1.807) is 36.4 Å². The van der Waals surface area contributed by atoms with E-state index >= 15 is 8.78 Å². The van der Waals surface area contributed by atoms with Crippen LogP contribution in [0.15, 0.2) is 133 Å². The van der Waals surface area contributed by atoms with E-state index in [9.17, 15) is 37.4 Å². The van der Waals surface area contributed by atoms with E-state index in [1.807, 2.05) is 17.0 Å². The predicted octanol–water partition coefficient (Wildman–Crippen LogP) is 11.9. The highest BCUT2D eigenvalue weighted by Gasteiger charge is 2.44. The van der Waals surface area contributed by atoms with Gasteiger partial charge in [0.25, 0.3) is 5.91 Å². The number of aliphatic hydroxyl groups is 2. The lowest BCUT2D eigenvalue weighted by Gasteiger charge is -2.36. The number of likely N-dealkylation sites (tertiary alicyclic amines) is 2. The van der Waals surface area contributed by atoms with Gasteiger partial charge in [0.15, 0.2) is 0 Å². The van der Waals surface area contributed by atoms with Gasteiger partial charge in [0.2, 0.25) is 0 Å². The van der Waals surface area contributed by atoms with Crippen LogP contribution < -0.4 is 20.5 Å². The fourth-order valence-corrected chi connectivity index (χ4v) is 8.84. The molecule has 2 saturated carbocycles. The predicted molar refractivity (Wildman–Crippen MR) is 297 cm³/mol. The van der Waals surface area contributed by atoms with Crippen LogP contribution >= 0.6 is 47.2 Å². The van der Waals surface area contributed by atoms with Gasteiger partial charge in [-0.2, -0.15) is 17.6 Å². The molecular weight excluding hydrogens is 1180 g/mol. The van der Waals surface area contributed by atoms with Crippen LogP contribution in [0.25, 0.3) is 22.3 Å². The summed E-state index contributed by atoms with van der Waals surface area (Å²) >= 11 is 12.6. The van der Waals surface area contributed by atoms with Crippen molar-refractivity contribution in [3.05, 3.63) is 177 Å². The fourth-order valence-electron chi connectivity index (χ4n) is 8.38. The van der Waals surface area contributed by atoms with Gasteiger partial charge in [0, 0.05) is 30.3 Å². The molecule has 10 rings (SSSR count). The summed E-state index contributed by atoms with van der Waals surface area (Å²) in [6.45, 7) is 4.61. The van der Waals surface area contributed by atoms with Crippen LogP contribution in [0, 0.1) is 11.6 Å². The number of hydrogen-bond donors (Lipinski definition) is 5. The molecule has 0 bridgehead atoms. The van der Waals surface area contributed by atoms with Gasteiger partial charge < -0.3 is 45.6 Å². The largest absolute Gasteiger partial charge is 0.489 e. The first kappa shape index (κ1) is 60.2. The zero-order valence-electron chi connectivity index (χ0n) is 42.0. The van der Waals surface area contributed by atoms with Crippen molar-refractivity contribution in [1.29, 1.82) is 0 Å². The number of carboxylic acid groups (broad SMARTS) is 1. The Kier molecular flexibility index (Phi) is 20.6. The highest BCUT2D eigenvalue weighted by molar-refractivity contribution is 14.0. The molecule has 1 amide bonds. The Bertz CT molecular complexity index is 2950. The molecule has 6 aromatic rings. The van der Waals surface area contributed by atoms with Crippen molar-refractivity contribution in [2.24, 2.45) is 5.73 Å². The second-order valence-electron chi connectivity index (χ2n) is 19.6. The van der Waals surface area contributed by atoms with Crippen molar-refractivity contribution in [2.75, 3.05) is 39.3 Å². The van der Waals surface area contributed by atoms with Gasteiger partial charge >= 0.3 is 17.8 Å². The molecule has 4 fully saturated rings. The van der Waals surface area contributed by atoms with Crippen molar-refractivity contribution in [2.45, 2.75) is 86.9 Å². The molecule has 0 radical (unpaired) electrons. The maximum Gasteiger partial charge on any atom is 0.379 e. The summed E-state index contributed by atoms with van der Waals surface area (Å²) in [5.74, 6) is -11.0. The van der Waals surface area contributed by atoms with Crippen LogP contribution in [0.4, 0.5) is 26.3 Å². The summed E-state index contributed by atoms with van der Waals surface area (Å²) in [7, 11) is 0. The van der Waals surface area contributed by atoms with Crippen molar-refractivity contribution in [3.63, 3.8) is 0 Å².